The van der Waals surface area contributed by atoms with E-state index in [1.165, 1.54) is 6.07 Å². The summed E-state index contributed by atoms with van der Waals surface area (Å²) in [5, 5.41) is 8.84. The Morgan fingerprint density at radius 2 is 2.19 bits per heavy atom. The van der Waals surface area contributed by atoms with Crippen LogP contribution >= 0.6 is 0 Å². The first-order valence-corrected chi connectivity index (χ1v) is 5.22. The molecule has 5 heteroatoms. The van der Waals surface area contributed by atoms with Gasteiger partial charge >= 0.3 is 5.97 Å². The van der Waals surface area contributed by atoms with Gasteiger partial charge in [-0.25, -0.2) is 9.78 Å². The van der Waals surface area contributed by atoms with Gasteiger partial charge in [-0.2, -0.15) is 0 Å². The summed E-state index contributed by atoms with van der Waals surface area (Å²) < 4.78 is 5.18. The second kappa shape index (κ2) is 3.18. The first-order valence-electron chi connectivity index (χ1n) is 5.22. The summed E-state index contributed by atoms with van der Waals surface area (Å²) in [6.07, 6.45) is 0. The van der Waals surface area contributed by atoms with E-state index >= 15 is 0 Å². The van der Waals surface area contributed by atoms with Crippen molar-refractivity contribution < 1.29 is 14.6 Å². The molecule has 2 aliphatic rings. The van der Waals surface area contributed by atoms with Gasteiger partial charge in [-0.3, -0.25) is 0 Å². The molecule has 0 amide bonds. The quantitative estimate of drug-likeness (QED) is 0.791. The van der Waals surface area contributed by atoms with Gasteiger partial charge in [0.05, 0.1) is 18.6 Å². The molecule has 0 atom stereocenters. The molecule has 1 aromatic heterocycles. The monoisotopic (exact) mass is 220 g/mol. The number of hydrogen-bond donors (Lipinski definition) is 1. The van der Waals surface area contributed by atoms with Crippen LogP contribution in [0.1, 0.15) is 10.5 Å². The number of aromatic nitrogens is 1. The van der Waals surface area contributed by atoms with Crippen LogP contribution in [0.5, 0.6) is 0 Å². The molecule has 1 N–H and O–H groups in total. The van der Waals surface area contributed by atoms with Crippen molar-refractivity contribution in [3.63, 3.8) is 0 Å². The normalized spacial score (nSPS) is 21.4. The maximum atomic E-state index is 10.8. The smallest absolute Gasteiger partial charge is 0.354 e. The molecule has 0 aromatic carbocycles. The number of pyridine rings is 1. The zero-order valence-electron chi connectivity index (χ0n) is 8.72. The number of carbonyl (C=O) groups is 1. The average Bonchev–Trinajstić information content (AvgIpc) is 2.14. The molecule has 0 bridgehead atoms. The Labute approximate surface area is 92.7 Å². The van der Waals surface area contributed by atoms with Gasteiger partial charge < -0.3 is 14.7 Å². The Kier molecular flexibility index (Phi) is 1.91. The van der Waals surface area contributed by atoms with Crippen molar-refractivity contribution >= 4 is 11.8 Å². The zero-order valence-corrected chi connectivity index (χ0v) is 8.72. The Hall–Kier alpha value is -1.62. The minimum Gasteiger partial charge on any atom is -0.477 e. The molecule has 0 radical (unpaired) electrons. The number of anilines is 1. The fourth-order valence-corrected chi connectivity index (χ4v) is 2.22. The van der Waals surface area contributed by atoms with Crippen LogP contribution in [0.15, 0.2) is 18.2 Å². The fraction of sp³-hybridized carbons (Fsp3) is 0.455. The Morgan fingerprint density at radius 3 is 2.75 bits per heavy atom. The van der Waals surface area contributed by atoms with Crippen LogP contribution < -0.4 is 4.90 Å². The van der Waals surface area contributed by atoms with E-state index in [-0.39, 0.29) is 5.69 Å². The highest BCUT2D eigenvalue weighted by Crippen LogP contribution is 2.39. The highest BCUT2D eigenvalue weighted by atomic mass is 16.5. The molecule has 1 spiro atoms. The van der Waals surface area contributed by atoms with Crippen molar-refractivity contribution in [3.8, 4) is 0 Å². The first-order chi connectivity index (χ1) is 7.69. The van der Waals surface area contributed by atoms with Gasteiger partial charge in [-0.15, -0.1) is 0 Å². The van der Waals surface area contributed by atoms with E-state index in [1.807, 2.05) is 6.07 Å². The lowest BCUT2D eigenvalue weighted by molar-refractivity contribution is -0.127. The van der Waals surface area contributed by atoms with Gasteiger partial charge in [0.25, 0.3) is 0 Å². The molecule has 2 saturated heterocycles. The van der Waals surface area contributed by atoms with E-state index in [0.29, 0.717) is 5.41 Å². The summed E-state index contributed by atoms with van der Waals surface area (Å²) in [6, 6.07) is 5.08. The van der Waals surface area contributed by atoms with Crippen LogP contribution in [0.4, 0.5) is 5.82 Å². The van der Waals surface area contributed by atoms with Gasteiger partial charge in [0, 0.05) is 13.1 Å². The molecule has 1 aromatic rings. The van der Waals surface area contributed by atoms with Crippen molar-refractivity contribution in [2.75, 3.05) is 31.2 Å². The van der Waals surface area contributed by atoms with Gasteiger partial charge in [-0.05, 0) is 12.1 Å². The van der Waals surface area contributed by atoms with Gasteiger partial charge in [0.15, 0.2) is 5.69 Å². The fourth-order valence-electron chi connectivity index (χ4n) is 2.22. The maximum Gasteiger partial charge on any atom is 0.354 e. The van der Waals surface area contributed by atoms with Crippen LogP contribution in [0.3, 0.4) is 0 Å². The number of ether oxygens (including phenoxy) is 1. The summed E-state index contributed by atoms with van der Waals surface area (Å²) in [6.45, 7) is 3.48. The standard InChI is InChI=1S/C11H12N2O3/c14-10(15)8-2-1-3-9(12-8)13-4-11(5-13)6-16-7-11/h1-3H,4-7H2,(H,14,15). The van der Waals surface area contributed by atoms with Gasteiger partial charge in [0.2, 0.25) is 0 Å². The molecule has 3 heterocycles. The Morgan fingerprint density at radius 1 is 1.44 bits per heavy atom. The van der Waals surface area contributed by atoms with Crippen molar-refractivity contribution in [1.29, 1.82) is 0 Å². The second-order valence-corrected chi connectivity index (χ2v) is 4.54. The Balaban J connectivity index is 1.75. The van der Waals surface area contributed by atoms with Gasteiger partial charge in [0.1, 0.15) is 5.82 Å². The van der Waals surface area contributed by atoms with Crippen LogP contribution in [0, 0.1) is 5.41 Å². The number of hydrogen-bond acceptors (Lipinski definition) is 4. The van der Waals surface area contributed by atoms with E-state index < -0.39 is 5.97 Å². The molecule has 3 rings (SSSR count). The van der Waals surface area contributed by atoms with Crippen molar-refractivity contribution in [2.24, 2.45) is 5.41 Å². The number of carboxylic acid groups (broad SMARTS) is 1. The first kappa shape index (κ1) is 9.59. The number of nitrogens with zero attached hydrogens (tertiary/aromatic N) is 2. The third kappa shape index (κ3) is 1.36. The zero-order chi connectivity index (χ0) is 11.2. The predicted octanol–water partition coefficient (Wildman–Crippen LogP) is 0.616. The molecule has 2 fully saturated rings. The summed E-state index contributed by atoms with van der Waals surface area (Å²) in [5.41, 5.74) is 0.421. The number of carboxylic acids is 1. The minimum atomic E-state index is -0.982. The maximum absolute atomic E-state index is 10.8. The lowest BCUT2D eigenvalue weighted by atomic mass is 9.78. The summed E-state index contributed by atoms with van der Waals surface area (Å²) in [7, 11) is 0. The molecular weight excluding hydrogens is 208 g/mol. The van der Waals surface area contributed by atoms with Crippen molar-refractivity contribution in [2.45, 2.75) is 0 Å². The largest absolute Gasteiger partial charge is 0.477 e. The van der Waals surface area contributed by atoms with Crippen LogP contribution in [-0.4, -0.2) is 42.4 Å². The molecule has 84 valence electrons. The summed E-state index contributed by atoms with van der Waals surface area (Å²) in [4.78, 5) is 17.0. The van der Waals surface area contributed by atoms with E-state index in [0.717, 1.165) is 32.1 Å². The van der Waals surface area contributed by atoms with E-state index in [9.17, 15) is 4.79 Å². The van der Waals surface area contributed by atoms with Crippen LogP contribution in [0.2, 0.25) is 0 Å². The van der Waals surface area contributed by atoms with Crippen molar-refractivity contribution in [3.05, 3.63) is 23.9 Å². The lowest BCUT2D eigenvalue weighted by Crippen LogP contribution is -2.66. The third-order valence-electron chi connectivity index (χ3n) is 3.15. The predicted molar refractivity (Wildman–Crippen MR) is 56.7 cm³/mol. The SMILES string of the molecule is O=C(O)c1cccc(N2CC3(COC3)C2)n1. The molecule has 5 nitrogen and oxygen atoms in total. The highest BCUT2D eigenvalue weighted by molar-refractivity contribution is 5.85. The minimum absolute atomic E-state index is 0.100. The third-order valence-corrected chi connectivity index (χ3v) is 3.15. The summed E-state index contributed by atoms with van der Waals surface area (Å²) in [5.74, 6) is -0.235. The van der Waals surface area contributed by atoms with E-state index in [2.05, 4.69) is 9.88 Å². The summed E-state index contributed by atoms with van der Waals surface area (Å²) >= 11 is 0. The van der Waals surface area contributed by atoms with E-state index in [4.69, 9.17) is 9.84 Å². The van der Waals surface area contributed by atoms with Crippen molar-refractivity contribution in [1.82, 2.24) is 4.98 Å². The lowest BCUT2D eigenvalue weighted by Gasteiger charge is -2.55. The molecule has 0 unspecified atom stereocenters. The number of rotatable bonds is 2. The topological polar surface area (TPSA) is 62.7 Å². The molecule has 2 aliphatic heterocycles. The van der Waals surface area contributed by atoms with E-state index in [1.54, 1.807) is 6.07 Å². The van der Waals surface area contributed by atoms with Gasteiger partial charge in [-0.1, -0.05) is 6.07 Å². The van der Waals surface area contributed by atoms with Crippen LogP contribution in [0.25, 0.3) is 0 Å². The Bertz CT molecular complexity index is 435. The second-order valence-electron chi connectivity index (χ2n) is 4.54. The highest BCUT2D eigenvalue weighted by Gasteiger charge is 2.49. The number of aromatic carboxylic acids is 1. The average molecular weight is 220 g/mol. The molecule has 0 saturated carbocycles. The molecule has 0 aliphatic carbocycles. The van der Waals surface area contributed by atoms with Crippen LogP contribution in [-0.2, 0) is 4.74 Å². The molecular formula is C11H12N2O3. The molecule has 16 heavy (non-hydrogen) atoms.